The second kappa shape index (κ2) is 10.1. The lowest BCUT2D eigenvalue weighted by Gasteiger charge is -2.17. The van der Waals surface area contributed by atoms with Gasteiger partial charge in [0.25, 0.3) is 5.91 Å². The molecule has 0 radical (unpaired) electrons. The molecular weight excluding hydrogens is 456 g/mol. The van der Waals surface area contributed by atoms with Crippen molar-refractivity contribution in [3.8, 4) is 11.3 Å². The minimum atomic E-state index is -3.49. The summed E-state index contributed by atoms with van der Waals surface area (Å²) in [5.41, 5.74) is 1.86. The minimum Gasteiger partial charge on any atom is -0.340 e. The smallest absolute Gasteiger partial charge is 0.253 e. The first-order valence-electron chi connectivity index (χ1n) is 9.28. The molecular formula is C20H22N4O4S3. The molecule has 1 atom stereocenters. The van der Waals surface area contributed by atoms with Gasteiger partial charge >= 0.3 is 0 Å². The maximum absolute atomic E-state index is 12.8. The molecule has 0 spiro atoms. The van der Waals surface area contributed by atoms with Crippen LogP contribution >= 0.6 is 23.1 Å². The van der Waals surface area contributed by atoms with Crippen molar-refractivity contribution in [1.82, 2.24) is 14.3 Å². The maximum atomic E-state index is 12.8. The Labute approximate surface area is 189 Å². The Morgan fingerprint density at radius 1 is 1.23 bits per heavy atom. The van der Waals surface area contributed by atoms with E-state index in [2.05, 4.69) is 15.6 Å². The molecule has 0 saturated heterocycles. The van der Waals surface area contributed by atoms with Gasteiger partial charge in [0.05, 0.1) is 17.5 Å². The first-order chi connectivity index (χ1) is 14.8. The summed E-state index contributed by atoms with van der Waals surface area (Å²) in [5.74, 6) is -0.234. The normalized spacial score (nSPS) is 12.3. The van der Waals surface area contributed by atoms with Crippen LogP contribution in [0.25, 0.3) is 11.3 Å². The van der Waals surface area contributed by atoms with Gasteiger partial charge in [-0.2, -0.15) is 11.8 Å². The number of amides is 2. The Morgan fingerprint density at radius 3 is 2.61 bits per heavy atom. The molecule has 3 rings (SSSR count). The van der Waals surface area contributed by atoms with E-state index in [0.29, 0.717) is 17.3 Å². The van der Waals surface area contributed by atoms with Crippen molar-refractivity contribution in [3.63, 3.8) is 0 Å². The third-order valence-electron chi connectivity index (χ3n) is 4.35. The molecule has 31 heavy (non-hydrogen) atoms. The second-order valence-corrected chi connectivity index (χ2v) is 10.4. The number of benzene rings is 1. The highest BCUT2D eigenvalue weighted by Gasteiger charge is 2.23. The number of carbonyl (C=O) groups excluding carboxylic acids is 2. The van der Waals surface area contributed by atoms with E-state index in [1.807, 2.05) is 42.0 Å². The Hall–Kier alpha value is -2.63. The van der Waals surface area contributed by atoms with Crippen molar-refractivity contribution in [2.45, 2.75) is 12.5 Å². The quantitative estimate of drug-likeness (QED) is 0.489. The van der Waals surface area contributed by atoms with Crippen molar-refractivity contribution in [2.75, 3.05) is 23.6 Å². The Morgan fingerprint density at radius 2 is 1.97 bits per heavy atom. The van der Waals surface area contributed by atoms with Crippen LogP contribution in [-0.4, -0.2) is 53.5 Å². The summed E-state index contributed by atoms with van der Waals surface area (Å²) in [4.78, 5) is 29.9. The number of thioether (sulfide) groups is 1. The summed E-state index contributed by atoms with van der Waals surface area (Å²) in [5, 5.41) is 7.76. The number of carbonyl (C=O) groups is 2. The molecule has 2 aromatic heterocycles. The van der Waals surface area contributed by atoms with Crippen LogP contribution in [0.4, 0.5) is 5.13 Å². The fourth-order valence-corrected chi connectivity index (χ4v) is 4.51. The van der Waals surface area contributed by atoms with E-state index in [0.717, 1.165) is 21.5 Å². The molecule has 11 heteroatoms. The number of nitrogens with zero attached hydrogens (tertiary/aromatic N) is 2. The van der Waals surface area contributed by atoms with Crippen molar-refractivity contribution in [2.24, 2.45) is 0 Å². The van der Waals surface area contributed by atoms with E-state index < -0.39 is 22.0 Å². The Bertz CT molecular complexity index is 1160. The van der Waals surface area contributed by atoms with Gasteiger partial charge in [-0.05, 0) is 24.5 Å². The van der Waals surface area contributed by atoms with Crippen LogP contribution in [0.15, 0.2) is 54.2 Å². The largest absolute Gasteiger partial charge is 0.340 e. The molecule has 0 bridgehead atoms. The predicted octanol–water partition coefficient (Wildman–Crippen LogP) is 2.91. The number of hydrogen-bond donors (Lipinski definition) is 2. The number of nitrogens with one attached hydrogen (secondary N) is 2. The molecule has 0 aliphatic heterocycles. The zero-order valence-corrected chi connectivity index (χ0v) is 19.4. The molecule has 2 N–H and O–H groups in total. The third kappa shape index (κ3) is 6.18. The van der Waals surface area contributed by atoms with Crippen molar-refractivity contribution in [3.05, 3.63) is 59.7 Å². The molecule has 1 aromatic carbocycles. The van der Waals surface area contributed by atoms with Crippen molar-refractivity contribution >= 4 is 50.1 Å². The van der Waals surface area contributed by atoms with Gasteiger partial charge in [-0.1, -0.05) is 30.3 Å². The number of anilines is 1. The highest BCUT2D eigenvalue weighted by Crippen LogP contribution is 2.24. The van der Waals surface area contributed by atoms with Gasteiger partial charge in [0.2, 0.25) is 15.9 Å². The number of rotatable bonds is 9. The lowest BCUT2D eigenvalue weighted by atomic mass is 10.2. The van der Waals surface area contributed by atoms with Crippen molar-refractivity contribution < 1.29 is 18.0 Å². The van der Waals surface area contributed by atoms with Gasteiger partial charge in [-0.15, -0.1) is 11.3 Å². The SMILES string of the molecule is CSCCC(NC(=O)c1ccn(S(C)(=O)=O)c1)C(=O)Nc1nc(-c2ccccc2)cs1. The molecule has 0 aliphatic rings. The van der Waals surface area contributed by atoms with E-state index >= 15 is 0 Å². The summed E-state index contributed by atoms with van der Waals surface area (Å²) < 4.78 is 24.2. The van der Waals surface area contributed by atoms with Crippen LogP contribution in [0.3, 0.4) is 0 Å². The number of hydrogen-bond acceptors (Lipinski definition) is 7. The average Bonchev–Trinajstić information content (AvgIpc) is 3.41. The highest BCUT2D eigenvalue weighted by molar-refractivity contribution is 7.98. The number of aromatic nitrogens is 2. The van der Waals surface area contributed by atoms with Gasteiger partial charge in [0.1, 0.15) is 6.04 Å². The lowest BCUT2D eigenvalue weighted by Crippen LogP contribution is -2.44. The molecule has 0 saturated carbocycles. The van der Waals surface area contributed by atoms with Gasteiger partial charge in [0, 0.05) is 23.3 Å². The van der Waals surface area contributed by atoms with Gasteiger partial charge in [-0.3, -0.25) is 13.6 Å². The summed E-state index contributed by atoms with van der Waals surface area (Å²) >= 11 is 2.86. The van der Waals surface area contributed by atoms with Gasteiger partial charge in [-0.25, -0.2) is 13.4 Å². The predicted molar refractivity (Wildman–Crippen MR) is 125 cm³/mol. The maximum Gasteiger partial charge on any atom is 0.253 e. The molecule has 8 nitrogen and oxygen atoms in total. The highest BCUT2D eigenvalue weighted by atomic mass is 32.2. The van der Waals surface area contributed by atoms with E-state index in [1.54, 1.807) is 11.8 Å². The van der Waals surface area contributed by atoms with Crippen LogP contribution in [0.1, 0.15) is 16.8 Å². The van der Waals surface area contributed by atoms with E-state index in [4.69, 9.17) is 0 Å². The fourth-order valence-electron chi connectivity index (χ4n) is 2.73. The van der Waals surface area contributed by atoms with E-state index in [-0.39, 0.29) is 11.5 Å². The zero-order chi connectivity index (χ0) is 22.4. The monoisotopic (exact) mass is 478 g/mol. The zero-order valence-electron chi connectivity index (χ0n) is 16.9. The Kier molecular flexibility index (Phi) is 7.52. The van der Waals surface area contributed by atoms with Crippen LogP contribution in [0.5, 0.6) is 0 Å². The molecule has 0 aliphatic carbocycles. The standard InChI is InChI=1S/C20H22N4O4S3/c1-29-11-9-16(21-18(25)15-8-10-24(12-15)31(2,27)28)19(26)23-20-22-17(13-30-20)14-6-4-3-5-7-14/h3-8,10,12-13,16H,9,11H2,1-2H3,(H,21,25)(H,22,23,26). The summed E-state index contributed by atoms with van der Waals surface area (Å²) in [6, 6.07) is 10.2. The van der Waals surface area contributed by atoms with Crippen LogP contribution in [0, 0.1) is 0 Å². The summed E-state index contributed by atoms with van der Waals surface area (Å²) in [6.45, 7) is 0. The molecule has 3 aromatic rings. The van der Waals surface area contributed by atoms with Crippen molar-refractivity contribution in [1.29, 1.82) is 0 Å². The van der Waals surface area contributed by atoms with E-state index in [9.17, 15) is 18.0 Å². The third-order valence-corrected chi connectivity index (χ3v) is 6.74. The number of thiazole rings is 1. The topological polar surface area (TPSA) is 110 Å². The molecule has 1 unspecified atom stereocenters. The molecule has 2 heterocycles. The summed E-state index contributed by atoms with van der Waals surface area (Å²) in [7, 11) is -3.49. The first-order valence-corrected chi connectivity index (χ1v) is 13.4. The van der Waals surface area contributed by atoms with Crippen LogP contribution < -0.4 is 10.6 Å². The Balaban J connectivity index is 1.70. The van der Waals surface area contributed by atoms with Gasteiger partial charge in [0.15, 0.2) is 5.13 Å². The molecule has 0 fully saturated rings. The van der Waals surface area contributed by atoms with Gasteiger partial charge < -0.3 is 10.6 Å². The summed E-state index contributed by atoms with van der Waals surface area (Å²) in [6.07, 6.45) is 5.89. The van der Waals surface area contributed by atoms with Crippen LogP contribution in [-0.2, 0) is 14.8 Å². The second-order valence-electron chi connectivity index (χ2n) is 6.69. The first kappa shape index (κ1) is 23.0. The fraction of sp³-hybridized carbons (Fsp3) is 0.250. The molecule has 164 valence electrons. The minimum absolute atomic E-state index is 0.160. The lowest BCUT2D eigenvalue weighted by molar-refractivity contribution is -0.118. The molecule has 2 amide bonds. The average molecular weight is 479 g/mol. The van der Waals surface area contributed by atoms with E-state index in [1.165, 1.54) is 29.8 Å². The van der Waals surface area contributed by atoms with Crippen LogP contribution in [0.2, 0.25) is 0 Å².